The van der Waals surface area contributed by atoms with Crippen LogP contribution in [-0.4, -0.2) is 12.6 Å². The SMILES string of the molecule is CCOC(=O)c1ccc(N)c(-c2ccc(C)cc2)c1. The first-order valence-corrected chi connectivity index (χ1v) is 6.25. The molecule has 3 heteroatoms. The molecule has 0 aliphatic rings. The quantitative estimate of drug-likeness (QED) is 0.675. The third-order valence-corrected chi connectivity index (χ3v) is 2.93. The lowest BCUT2D eigenvalue weighted by Gasteiger charge is -2.09. The van der Waals surface area contributed by atoms with Crippen LogP contribution in [0.1, 0.15) is 22.8 Å². The Morgan fingerprint density at radius 3 is 2.47 bits per heavy atom. The molecular weight excluding hydrogens is 238 g/mol. The molecule has 0 unspecified atom stereocenters. The van der Waals surface area contributed by atoms with Gasteiger partial charge in [-0.1, -0.05) is 29.8 Å². The molecular formula is C16H17NO2. The highest BCUT2D eigenvalue weighted by molar-refractivity contribution is 5.93. The number of esters is 1. The number of nitrogens with two attached hydrogens (primary N) is 1. The minimum atomic E-state index is -0.323. The lowest BCUT2D eigenvalue weighted by Crippen LogP contribution is -2.05. The third-order valence-electron chi connectivity index (χ3n) is 2.93. The summed E-state index contributed by atoms with van der Waals surface area (Å²) in [6.45, 7) is 4.18. The van der Waals surface area contributed by atoms with Gasteiger partial charge < -0.3 is 10.5 Å². The van der Waals surface area contributed by atoms with Crippen LogP contribution in [0.3, 0.4) is 0 Å². The van der Waals surface area contributed by atoms with Crippen LogP contribution in [-0.2, 0) is 4.74 Å². The lowest BCUT2D eigenvalue weighted by atomic mass is 10.00. The van der Waals surface area contributed by atoms with E-state index in [1.54, 1.807) is 25.1 Å². The summed E-state index contributed by atoms with van der Waals surface area (Å²) in [5, 5.41) is 0. The smallest absolute Gasteiger partial charge is 0.338 e. The zero-order chi connectivity index (χ0) is 13.8. The van der Waals surface area contributed by atoms with E-state index in [0.717, 1.165) is 11.1 Å². The summed E-state index contributed by atoms with van der Waals surface area (Å²) in [5.41, 5.74) is 10.2. The summed E-state index contributed by atoms with van der Waals surface area (Å²) < 4.78 is 5.00. The second-order valence-electron chi connectivity index (χ2n) is 4.39. The molecule has 98 valence electrons. The molecule has 0 bridgehead atoms. The first-order chi connectivity index (χ1) is 9.11. The average molecular weight is 255 g/mol. The molecule has 0 atom stereocenters. The number of aryl methyl sites for hydroxylation is 1. The zero-order valence-corrected chi connectivity index (χ0v) is 11.1. The van der Waals surface area contributed by atoms with E-state index in [0.29, 0.717) is 17.9 Å². The Morgan fingerprint density at radius 1 is 1.16 bits per heavy atom. The number of hydrogen-bond donors (Lipinski definition) is 1. The van der Waals surface area contributed by atoms with Gasteiger partial charge in [-0.2, -0.15) is 0 Å². The molecule has 0 saturated heterocycles. The summed E-state index contributed by atoms with van der Waals surface area (Å²) in [6, 6.07) is 13.2. The summed E-state index contributed by atoms with van der Waals surface area (Å²) in [6.07, 6.45) is 0. The fraction of sp³-hybridized carbons (Fsp3) is 0.188. The van der Waals surface area contributed by atoms with Crippen molar-refractivity contribution in [2.75, 3.05) is 12.3 Å². The Kier molecular flexibility index (Phi) is 3.85. The van der Waals surface area contributed by atoms with Crippen molar-refractivity contribution in [1.82, 2.24) is 0 Å². The number of ether oxygens (including phenoxy) is 1. The maximum atomic E-state index is 11.7. The van der Waals surface area contributed by atoms with Crippen LogP contribution in [0.5, 0.6) is 0 Å². The Balaban J connectivity index is 2.42. The topological polar surface area (TPSA) is 52.3 Å². The van der Waals surface area contributed by atoms with Crippen molar-refractivity contribution >= 4 is 11.7 Å². The maximum absolute atomic E-state index is 11.7. The monoisotopic (exact) mass is 255 g/mol. The molecule has 0 aromatic heterocycles. The van der Waals surface area contributed by atoms with Crippen molar-refractivity contribution in [3.05, 3.63) is 53.6 Å². The molecule has 0 heterocycles. The zero-order valence-electron chi connectivity index (χ0n) is 11.1. The first-order valence-electron chi connectivity index (χ1n) is 6.25. The standard InChI is InChI=1S/C16H17NO2/c1-3-19-16(18)13-8-9-15(17)14(10-13)12-6-4-11(2)5-7-12/h4-10H,3,17H2,1-2H3. The van der Waals surface area contributed by atoms with Crippen LogP contribution in [0.25, 0.3) is 11.1 Å². The second kappa shape index (κ2) is 5.57. The molecule has 2 rings (SSSR count). The van der Waals surface area contributed by atoms with E-state index < -0.39 is 0 Å². The number of anilines is 1. The van der Waals surface area contributed by atoms with Crippen LogP contribution in [0.4, 0.5) is 5.69 Å². The highest BCUT2D eigenvalue weighted by Gasteiger charge is 2.10. The number of carbonyl (C=O) groups is 1. The normalized spacial score (nSPS) is 10.2. The fourth-order valence-electron chi connectivity index (χ4n) is 1.88. The molecule has 0 saturated carbocycles. The van der Waals surface area contributed by atoms with Gasteiger partial charge in [0.05, 0.1) is 12.2 Å². The molecule has 0 amide bonds. The van der Waals surface area contributed by atoms with Gasteiger partial charge in [0.25, 0.3) is 0 Å². The summed E-state index contributed by atoms with van der Waals surface area (Å²) in [7, 11) is 0. The van der Waals surface area contributed by atoms with Gasteiger partial charge in [-0.15, -0.1) is 0 Å². The first kappa shape index (κ1) is 13.1. The van der Waals surface area contributed by atoms with Gasteiger partial charge in [-0.25, -0.2) is 4.79 Å². The predicted octanol–water partition coefficient (Wildman–Crippen LogP) is 3.42. The van der Waals surface area contributed by atoms with E-state index in [-0.39, 0.29) is 5.97 Å². The average Bonchev–Trinajstić information content (AvgIpc) is 2.41. The van der Waals surface area contributed by atoms with Crippen LogP contribution in [0.15, 0.2) is 42.5 Å². The van der Waals surface area contributed by atoms with Crippen LogP contribution < -0.4 is 5.73 Å². The summed E-state index contributed by atoms with van der Waals surface area (Å²) in [4.78, 5) is 11.7. The van der Waals surface area contributed by atoms with Crippen molar-refractivity contribution in [3.8, 4) is 11.1 Å². The predicted molar refractivity (Wildman–Crippen MR) is 77.0 cm³/mol. The number of hydrogen-bond acceptors (Lipinski definition) is 3. The Hall–Kier alpha value is -2.29. The minimum absolute atomic E-state index is 0.323. The molecule has 0 spiro atoms. The van der Waals surface area contributed by atoms with Crippen LogP contribution >= 0.6 is 0 Å². The maximum Gasteiger partial charge on any atom is 0.338 e. The number of nitrogen functional groups attached to an aromatic ring is 1. The van der Waals surface area contributed by atoms with Gasteiger partial charge in [0, 0.05) is 11.3 Å². The largest absolute Gasteiger partial charge is 0.462 e. The van der Waals surface area contributed by atoms with E-state index in [2.05, 4.69) is 0 Å². The van der Waals surface area contributed by atoms with Gasteiger partial charge in [0.2, 0.25) is 0 Å². The molecule has 2 aromatic carbocycles. The number of benzene rings is 2. The van der Waals surface area contributed by atoms with Crippen molar-refractivity contribution in [2.45, 2.75) is 13.8 Å². The van der Waals surface area contributed by atoms with E-state index in [4.69, 9.17) is 10.5 Å². The van der Waals surface area contributed by atoms with E-state index in [1.165, 1.54) is 5.56 Å². The van der Waals surface area contributed by atoms with Crippen molar-refractivity contribution < 1.29 is 9.53 Å². The molecule has 19 heavy (non-hydrogen) atoms. The molecule has 2 aromatic rings. The molecule has 0 aliphatic heterocycles. The highest BCUT2D eigenvalue weighted by atomic mass is 16.5. The summed E-state index contributed by atoms with van der Waals surface area (Å²) in [5.74, 6) is -0.323. The van der Waals surface area contributed by atoms with Gasteiger partial charge in [0.15, 0.2) is 0 Å². The molecule has 0 radical (unpaired) electrons. The Labute approximate surface area is 113 Å². The van der Waals surface area contributed by atoms with Crippen molar-refractivity contribution in [3.63, 3.8) is 0 Å². The highest BCUT2D eigenvalue weighted by Crippen LogP contribution is 2.27. The van der Waals surface area contributed by atoms with Crippen molar-refractivity contribution in [2.24, 2.45) is 0 Å². The molecule has 0 aliphatic carbocycles. The van der Waals surface area contributed by atoms with E-state index in [9.17, 15) is 4.79 Å². The second-order valence-corrected chi connectivity index (χ2v) is 4.39. The number of rotatable bonds is 3. The van der Waals surface area contributed by atoms with Gasteiger partial charge in [0.1, 0.15) is 0 Å². The molecule has 2 N–H and O–H groups in total. The molecule has 0 fully saturated rings. The summed E-state index contributed by atoms with van der Waals surface area (Å²) >= 11 is 0. The van der Waals surface area contributed by atoms with E-state index in [1.807, 2.05) is 31.2 Å². The lowest BCUT2D eigenvalue weighted by molar-refractivity contribution is 0.0526. The van der Waals surface area contributed by atoms with Gasteiger partial charge in [-0.05, 0) is 37.6 Å². The Morgan fingerprint density at radius 2 is 1.84 bits per heavy atom. The number of carbonyl (C=O) groups excluding carboxylic acids is 1. The Bertz CT molecular complexity index is 588. The van der Waals surface area contributed by atoms with Crippen LogP contribution in [0, 0.1) is 6.92 Å². The minimum Gasteiger partial charge on any atom is -0.462 e. The fourth-order valence-corrected chi connectivity index (χ4v) is 1.88. The van der Waals surface area contributed by atoms with E-state index >= 15 is 0 Å². The van der Waals surface area contributed by atoms with Crippen molar-refractivity contribution in [1.29, 1.82) is 0 Å². The van der Waals surface area contributed by atoms with Gasteiger partial charge >= 0.3 is 5.97 Å². The third kappa shape index (κ3) is 2.94. The van der Waals surface area contributed by atoms with Gasteiger partial charge in [-0.3, -0.25) is 0 Å². The molecule has 3 nitrogen and oxygen atoms in total. The van der Waals surface area contributed by atoms with Crippen LogP contribution in [0.2, 0.25) is 0 Å².